The van der Waals surface area contributed by atoms with E-state index in [2.05, 4.69) is 32.4 Å². The van der Waals surface area contributed by atoms with Crippen LogP contribution in [0.2, 0.25) is 0 Å². The fourth-order valence-corrected chi connectivity index (χ4v) is 5.88. The van der Waals surface area contributed by atoms with Crippen LogP contribution in [0.5, 0.6) is 0 Å². The first-order valence-electron chi connectivity index (χ1n) is 11.5. The van der Waals surface area contributed by atoms with Crippen molar-refractivity contribution in [1.29, 1.82) is 0 Å². The van der Waals surface area contributed by atoms with Crippen molar-refractivity contribution in [2.24, 2.45) is 0 Å². The van der Waals surface area contributed by atoms with Gasteiger partial charge in [0, 0.05) is 32.1 Å². The van der Waals surface area contributed by atoms with E-state index in [0.29, 0.717) is 30.7 Å². The van der Waals surface area contributed by atoms with Crippen molar-refractivity contribution in [2.75, 3.05) is 43.0 Å². The Labute approximate surface area is 183 Å². The van der Waals surface area contributed by atoms with Gasteiger partial charge in [0.05, 0.1) is 0 Å². The lowest BCUT2D eigenvalue weighted by atomic mass is 9.94. The summed E-state index contributed by atoms with van der Waals surface area (Å²) in [6.45, 7) is 3.27. The highest BCUT2D eigenvalue weighted by Gasteiger charge is 2.34. The molecule has 3 fully saturated rings. The van der Waals surface area contributed by atoms with E-state index in [9.17, 15) is 9.59 Å². The van der Waals surface area contributed by atoms with Gasteiger partial charge in [0.15, 0.2) is 0 Å². The smallest absolute Gasteiger partial charge is 0.242 e. The van der Waals surface area contributed by atoms with Crippen LogP contribution in [0.15, 0.2) is 0 Å². The largest absolute Gasteiger partial charge is 0.354 e. The molecule has 0 unspecified atom stereocenters. The van der Waals surface area contributed by atoms with Crippen LogP contribution in [0.3, 0.4) is 0 Å². The van der Waals surface area contributed by atoms with Gasteiger partial charge in [0.25, 0.3) is 0 Å². The Morgan fingerprint density at radius 2 is 1.90 bits per heavy atom. The summed E-state index contributed by atoms with van der Waals surface area (Å²) in [5.74, 6) is 0.202. The molecule has 3 aliphatic rings. The molecular weight excluding hydrogens is 400 g/mol. The molecule has 4 rings (SSSR count). The van der Waals surface area contributed by atoms with E-state index in [1.807, 2.05) is 0 Å². The maximum atomic E-state index is 12.8. The van der Waals surface area contributed by atoms with Crippen molar-refractivity contribution >= 4 is 33.4 Å². The fourth-order valence-electron chi connectivity index (χ4n) is 4.91. The number of rotatable bonds is 8. The lowest BCUT2D eigenvalue weighted by molar-refractivity contribution is -0.122. The van der Waals surface area contributed by atoms with Crippen molar-refractivity contribution in [3.63, 3.8) is 0 Å². The molecule has 0 spiro atoms. The van der Waals surface area contributed by atoms with Crippen molar-refractivity contribution in [3.05, 3.63) is 0 Å². The Morgan fingerprint density at radius 1 is 1.10 bits per heavy atom. The summed E-state index contributed by atoms with van der Waals surface area (Å²) in [6, 6.07) is 0.532. The molecule has 1 aromatic heterocycles. The van der Waals surface area contributed by atoms with Gasteiger partial charge in [-0.25, -0.2) is 0 Å². The molecule has 0 radical (unpaired) electrons. The maximum Gasteiger partial charge on any atom is 0.242 e. The summed E-state index contributed by atoms with van der Waals surface area (Å²) in [5.41, 5.74) is 0. The zero-order valence-corrected chi connectivity index (χ0v) is 18.8. The third-order valence-electron chi connectivity index (χ3n) is 6.69. The number of carbonyl (C=O) groups excluding carboxylic acids is 2. The van der Waals surface area contributed by atoms with E-state index in [4.69, 9.17) is 0 Å². The highest BCUT2D eigenvalue weighted by molar-refractivity contribution is 7.19. The minimum atomic E-state index is -0.184. The van der Waals surface area contributed by atoms with E-state index < -0.39 is 0 Å². The first-order chi connectivity index (χ1) is 14.6. The van der Waals surface area contributed by atoms with Crippen LogP contribution < -0.4 is 15.1 Å². The van der Waals surface area contributed by atoms with Gasteiger partial charge >= 0.3 is 0 Å². The van der Waals surface area contributed by atoms with Crippen LogP contribution in [0.25, 0.3) is 0 Å². The molecule has 1 atom stereocenters. The monoisotopic (exact) mass is 434 g/mol. The summed E-state index contributed by atoms with van der Waals surface area (Å²) in [5, 5.41) is 13.1. The van der Waals surface area contributed by atoms with Gasteiger partial charge in [0.1, 0.15) is 6.04 Å². The lowest BCUT2D eigenvalue weighted by Gasteiger charge is -2.31. The average Bonchev–Trinajstić information content (AvgIpc) is 3.51. The minimum absolute atomic E-state index is 0.0850. The Hall–Kier alpha value is -1.74. The first kappa shape index (κ1) is 21.5. The van der Waals surface area contributed by atoms with E-state index in [1.165, 1.54) is 43.4 Å². The number of nitrogens with one attached hydrogen (secondary N) is 1. The molecule has 0 aromatic carbocycles. The van der Waals surface area contributed by atoms with Gasteiger partial charge in [0.2, 0.25) is 22.1 Å². The number of nitrogens with zero attached hydrogens (tertiary/aromatic N) is 5. The van der Waals surface area contributed by atoms with E-state index in [1.54, 1.807) is 4.90 Å². The number of hydrogen-bond donors (Lipinski definition) is 1. The molecule has 30 heavy (non-hydrogen) atoms. The number of amides is 2. The van der Waals surface area contributed by atoms with E-state index in [-0.39, 0.29) is 17.9 Å². The zero-order valence-electron chi connectivity index (χ0n) is 18.0. The number of aromatic nitrogens is 2. The molecule has 8 nitrogen and oxygen atoms in total. The van der Waals surface area contributed by atoms with Crippen LogP contribution >= 0.6 is 11.3 Å². The molecule has 2 amide bonds. The highest BCUT2D eigenvalue weighted by Crippen LogP contribution is 2.33. The molecule has 1 saturated carbocycles. The Bertz CT molecular complexity index is 735. The van der Waals surface area contributed by atoms with Crippen molar-refractivity contribution in [2.45, 2.75) is 76.3 Å². The van der Waals surface area contributed by atoms with Crippen molar-refractivity contribution in [3.8, 4) is 0 Å². The van der Waals surface area contributed by atoms with Crippen molar-refractivity contribution in [1.82, 2.24) is 20.4 Å². The van der Waals surface area contributed by atoms with Crippen LogP contribution in [0.4, 0.5) is 10.3 Å². The highest BCUT2D eigenvalue weighted by atomic mass is 32.1. The molecule has 1 aromatic rings. The summed E-state index contributed by atoms with van der Waals surface area (Å²) < 4.78 is 0. The topological polar surface area (TPSA) is 81.7 Å². The quantitative estimate of drug-likeness (QED) is 0.633. The van der Waals surface area contributed by atoms with Crippen molar-refractivity contribution < 1.29 is 9.59 Å². The Kier molecular flexibility index (Phi) is 7.20. The lowest BCUT2D eigenvalue weighted by Crippen LogP contribution is -2.44. The Morgan fingerprint density at radius 3 is 2.67 bits per heavy atom. The molecule has 3 heterocycles. The van der Waals surface area contributed by atoms with Gasteiger partial charge in [-0.15, -0.1) is 10.2 Å². The average molecular weight is 435 g/mol. The fraction of sp³-hybridized carbons (Fsp3) is 0.810. The molecule has 0 bridgehead atoms. The van der Waals surface area contributed by atoms with Crippen LogP contribution in [-0.2, 0) is 9.59 Å². The van der Waals surface area contributed by atoms with Gasteiger partial charge in [-0.3, -0.25) is 14.5 Å². The summed E-state index contributed by atoms with van der Waals surface area (Å²) in [7, 11) is 2.22. The second-order valence-electron chi connectivity index (χ2n) is 8.78. The van der Waals surface area contributed by atoms with Crippen LogP contribution in [0.1, 0.15) is 64.2 Å². The van der Waals surface area contributed by atoms with Gasteiger partial charge < -0.3 is 15.1 Å². The predicted molar refractivity (Wildman–Crippen MR) is 119 cm³/mol. The molecule has 166 valence electrons. The Balaban J connectivity index is 1.24. The van der Waals surface area contributed by atoms with Crippen LogP contribution in [-0.4, -0.2) is 72.2 Å². The predicted octanol–water partition coefficient (Wildman–Crippen LogP) is 2.40. The van der Waals surface area contributed by atoms with Crippen LogP contribution in [0, 0.1) is 0 Å². The zero-order chi connectivity index (χ0) is 20.9. The molecular formula is C21H34N6O2S. The number of hydrogen-bond acceptors (Lipinski definition) is 7. The van der Waals surface area contributed by atoms with E-state index >= 15 is 0 Å². The third kappa shape index (κ3) is 4.94. The number of anilines is 2. The molecule has 1 aliphatic carbocycles. The second-order valence-corrected chi connectivity index (χ2v) is 9.72. The standard InChI is InChI=1S/C21H34N6O2S/c1-25(16-8-3-2-4-9-16)13-7-12-22-19(29)17-10-5-14-26(17)20-23-24-21(30-20)27-15-6-11-18(27)28/h16-17H,2-15H2,1H3,(H,22,29)/t17-/m1/s1. The molecule has 2 aliphatic heterocycles. The number of carbonyl (C=O) groups is 2. The second kappa shape index (κ2) is 10.0. The summed E-state index contributed by atoms with van der Waals surface area (Å²) in [6.07, 6.45) is 10.9. The van der Waals surface area contributed by atoms with Gasteiger partial charge in [-0.1, -0.05) is 30.6 Å². The molecule has 1 N–H and O–H groups in total. The summed E-state index contributed by atoms with van der Waals surface area (Å²) >= 11 is 1.42. The normalized spacial score (nSPS) is 23.0. The third-order valence-corrected chi connectivity index (χ3v) is 7.68. The maximum absolute atomic E-state index is 12.8. The van der Waals surface area contributed by atoms with Gasteiger partial charge in [-0.05, 0) is 52.1 Å². The van der Waals surface area contributed by atoms with E-state index in [0.717, 1.165) is 43.9 Å². The summed E-state index contributed by atoms with van der Waals surface area (Å²) in [4.78, 5) is 31.0. The molecule has 9 heteroatoms. The van der Waals surface area contributed by atoms with Gasteiger partial charge in [-0.2, -0.15) is 0 Å². The minimum Gasteiger partial charge on any atom is -0.354 e. The SMILES string of the molecule is CN(CCCNC(=O)[C@H]1CCCN1c1nnc(N2CCCC2=O)s1)C1CCCCC1. The molecule has 2 saturated heterocycles. The first-order valence-corrected chi connectivity index (χ1v) is 12.3.